The Labute approximate surface area is 298 Å². The summed E-state index contributed by atoms with van der Waals surface area (Å²) in [6.45, 7) is 16.8. The zero-order chi connectivity index (χ0) is 37.6. The Balaban J connectivity index is 1.54. The van der Waals surface area contributed by atoms with Gasteiger partial charge in [-0.3, -0.25) is 19.2 Å². The first-order valence-electron chi connectivity index (χ1n) is 18.2. The van der Waals surface area contributed by atoms with Crippen LogP contribution < -0.4 is 21.3 Å². The van der Waals surface area contributed by atoms with Crippen LogP contribution >= 0.6 is 0 Å². The maximum absolute atomic E-state index is 14.5. The number of piperidine rings is 1. The van der Waals surface area contributed by atoms with Crippen molar-refractivity contribution >= 4 is 39.4 Å². The lowest BCUT2D eigenvalue weighted by atomic mass is 9.83. The number of nitrogens with zero attached hydrogens (tertiary/aromatic N) is 1. The van der Waals surface area contributed by atoms with Gasteiger partial charge in [-0.1, -0.05) is 60.8 Å². The number of terminal acetylenes is 1. The average molecular weight is 718 g/mol. The highest BCUT2D eigenvalue weighted by atomic mass is 32.2. The molecule has 0 spiro atoms. The van der Waals surface area contributed by atoms with Gasteiger partial charge in [0.15, 0.2) is 9.84 Å². The van der Waals surface area contributed by atoms with E-state index in [1.54, 1.807) is 20.8 Å². The predicted molar refractivity (Wildman–Crippen MR) is 191 cm³/mol. The molecule has 280 valence electrons. The van der Waals surface area contributed by atoms with Crippen LogP contribution in [-0.2, 0) is 29.0 Å². The van der Waals surface area contributed by atoms with Gasteiger partial charge in [0.05, 0.1) is 22.1 Å². The lowest BCUT2D eigenvalue weighted by Crippen LogP contribution is -2.64. The lowest BCUT2D eigenvalue weighted by Gasteiger charge is -2.41. The number of hydrogen-bond acceptors (Lipinski definition) is 7. The third kappa shape index (κ3) is 8.48. The maximum atomic E-state index is 14.5. The SMILES string of the molecule is C#CCCC(NC(=O)[C@@H]1[C@@H]2[C@H](CN1C(=O)[C@@H](NC(=O)NC1(CS(=O)(=O)C(C)(C)C)CCCCC1)C(C)(C)C)C2(C)C)C(=O)C(=O)NC1CC1C. The van der Waals surface area contributed by atoms with E-state index in [-0.39, 0.29) is 47.8 Å². The number of fused-ring (bicyclic) bond motifs is 1. The monoisotopic (exact) mass is 717 g/mol. The highest BCUT2D eigenvalue weighted by Crippen LogP contribution is 2.65. The zero-order valence-electron chi connectivity index (χ0n) is 31.4. The van der Waals surface area contributed by atoms with Crippen LogP contribution in [0, 0.1) is 40.9 Å². The predicted octanol–water partition coefficient (Wildman–Crippen LogP) is 3.09. The summed E-state index contributed by atoms with van der Waals surface area (Å²) in [5.74, 6) is -0.105. The smallest absolute Gasteiger partial charge is 0.315 e. The standard InChI is InChI=1S/C37H59N5O7S/c1-11-12-16-24(28(43)31(45)39-25-19-22(25)2)38-30(44)27-26-23(36(26,9)10)20-42(27)32(46)29(34(3,4)5)40-33(47)41-37(17-14-13-15-18-37)21-50(48,49)35(6,7)8/h1,22-27,29H,12-21H2,2-10H3,(H,38,44)(H,39,45)(H2,40,41,47)/t22?,23-,24?,25?,26-,27-,29+/m0/s1. The fourth-order valence-corrected chi connectivity index (χ4v) is 9.35. The highest BCUT2D eigenvalue weighted by molar-refractivity contribution is 7.92. The summed E-state index contributed by atoms with van der Waals surface area (Å²) in [6, 6.07) is -3.83. The number of carbonyl (C=O) groups excluding carboxylic acids is 5. The fourth-order valence-electron chi connectivity index (χ4n) is 7.82. The number of urea groups is 1. The molecule has 4 rings (SSSR count). The summed E-state index contributed by atoms with van der Waals surface area (Å²) in [4.78, 5) is 69.8. The minimum atomic E-state index is -3.57. The van der Waals surface area contributed by atoms with Crippen LogP contribution in [0.2, 0.25) is 0 Å². The Morgan fingerprint density at radius 2 is 1.58 bits per heavy atom. The van der Waals surface area contributed by atoms with E-state index in [1.807, 2.05) is 41.5 Å². The van der Waals surface area contributed by atoms with Crippen molar-refractivity contribution in [3.63, 3.8) is 0 Å². The van der Waals surface area contributed by atoms with Crippen LogP contribution in [0.5, 0.6) is 0 Å². The Morgan fingerprint density at radius 3 is 2.10 bits per heavy atom. The first kappa shape index (κ1) is 39.6. The van der Waals surface area contributed by atoms with E-state index in [4.69, 9.17) is 6.42 Å². The Kier molecular flexibility index (Phi) is 11.2. The second-order valence-corrected chi connectivity index (χ2v) is 20.7. The van der Waals surface area contributed by atoms with Crippen molar-refractivity contribution in [3.05, 3.63) is 0 Å². The number of nitrogens with one attached hydrogen (secondary N) is 4. The van der Waals surface area contributed by atoms with E-state index in [0.29, 0.717) is 19.4 Å². The molecule has 7 atom stereocenters. The molecule has 5 amide bonds. The number of hydrogen-bond donors (Lipinski definition) is 4. The first-order valence-corrected chi connectivity index (χ1v) is 19.8. The summed E-state index contributed by atoms with van der Waals surface area (Å²) < 4.78 is 25.6. The van der Waals surface area contributed by atoms with E-state index in [2.05, 4.69) is 27.2 Å². The first-order chi connectivity index (χ1) is 23.0. The number of carbonyl (C=O) groups is 5. The van der Waals surface area contributed by atoms with Gasteiger partial charge in [-0.05, 0) is 75.0 Å². The van der Waals surface area contributed by atoms with Crippen molar-refractivity contribution in [2.75, 3.05) is 12.3 Å². The average Bonchev–Trinajstić information content (AvgIpc) is 3.73. The quantitative estimate of drug-likeness (QED) is 0.178. The molecule has 0 aromatic rings. The van der Waals surface area contributed by atoms with Crippen molar-refractivity contribution < 1.29 is 32.4 Å². The summed E-state index contributed by atoms with van der Waals surface area (Å²) in [7, 11) is -3.57. The number of rotatable bonds is 12. The molecule has 1 saturated heterocycles. The van der Waals surface area contributed by atoms with Crippen LogP contribution in [0.3, 0.4) is 0 Å². The molecule has 4 N–H and O–H groups in total. The molecule has 4 fully saturated rings. The van der Waals surface area contributed by atoms with Gasteiger partial charge in [0.25, 0.3) is 5.91 Å². The minimum Gasteiger partial charge on any atom is -0.346 e. The van der Waals surface area contributed by atoms with E-state index in [1.165, 1.54) is 4.90 Å². The van der Waals surface area contributed by atoms with Gasteiger partial charge < -0.3 is 26.2 Å². The molecule has 0 bridgehead atoms. The third-order valence-corrected chi connectivity index (χ3v) is 14.4. The summed E-state index contributed by atoms with van der Waals surface area (Å²) in [5.41, 5.74) is -1.98. The van der Waals surface area contributed by atoms with Gasteiger partial charge in [-0.25, -0.2) is 13.2 Å². The molecule has 3 aliphatic carbocycles. The highest BCUT2D eigenvalue weighted by Gasteiger charge is 2.70. The largest absolute Gasteiger partial charge is 0.346 e. The third-order valence-electron chi connectivity index (χ3n) is 11.6. The fraction of sp³-hybridized carbons (Fsp3) is 0.811. The molecule has 1 aliphatic heterocycles. The molecule has 12 nitrogen and oxygen atoms in total. The number of likely N-dealkylation sites (tertiary alicyclic amines) is 1. The molecular weight excluding hydrogens is 659 g/mol. The van der Waals surface area contributed by atoms with Gasteiger partial charge in [0.2, 0.25) is 17.6 Å². The van der Waals surface area contributed by atoms with Gasteiger partial charge in [-0.2, -0.15) is 0 Å². The second kappa shape index (κ2) is 14.1. The molecule has 4 aliphatic rings. The topological polar surface area (TPSA) is 171 Å². The van der Waals surface area contributed by atoms with Crippen molar-refractivity contribution in [1.29, 1.82) is 0 Å². The van der Waals surface area contributed by atoms with Crippen LogP contribution in [-0.4, -0.2) is 89.6 Å². The Bertz CT molecular complexity index is 1510. The lowest BCUT2D eigenvalue weighted by molar-refractivity contribution is -0.145. The molecule has 3 saturated carbocycles. The summed E-state index contributed by atoms with van der Waals surface area (Å²) in [6.07, 6.45) is 10.0. The van der Waals surface area contributed by atoms with E-state index < -0.39 is 73.2 Å². The van der Waals surface area contributed by atoms with Gasteiger partial charge >= 0.3 is 6.03 Å². The summed E-state index contributed by atoms with van der Waals surface area (Å²) in [5, 5.41) is 11.4. The Hall–Kier alpha value is -3.14. The van der Waals surface area contributed by atoms with Crippen molar-refractivity contribution in [1.82, 2.24) is 26.2 Å². The van der Waals surface area contributed by atoms with Gasteiger partial charge in [-0.15, -0.1) is 12.3 Å². The normalized spacial score (nSPS) is 27.8. The summed E-state index contributed by atoms with van der Waals surface area (Å²) >= 11 is 0. The van der Waals surface area contributed by atoms with E-state index >= 15 is 0 Å². The number of ketones is 1. The minimum absolute atomic E-state index is 0.0317. The Morgan fingerprint density at radius 1 is 0.980 bits per heavy atom. The number of Topliss-reactive ketones (excluding diaryl/α,β-unsaturated/α-hetero) is 1. The van der Waals surface area contributed by atoms with Gasteiger partial charge in [0, 0.05) is 19.0 Å². The number of amides is 5. The molecule has 0 radical (unpaired) electrons. The van der Waals surface area contributed by atoms with Crippen molar-refractivity contribution in [3.8, 4) is 12.3 Å². The molecule has 3 unspecified atom stereocenters. The van der Waals surface area contributed by atoms with Crippen LogP contribution in [0.15, 0.2) is 0 Å². The van der Waals surface area contributed by atoms with Crippen molar-refractivity contribution in [2.24, 2.45) is 28.6 Å². The zero-order valence-corrected chi connectivity index (χ0v) is 32.2. The molecule has 50 heavy (non-hydrogen) atoms. The molecule has 1 heterocycles. The molecule has 0 aromatic carbocycles. The molecule has 13 heteroatoms. The van der Waals surface area contributed by atoms with Crippen LogP contribution in [0.1, 0.15) is 114 Å². The van der Waals surface area contributed by atoms with E-state index in [9.17, 15) is 32.4 Å². The van der Waals surface area contributed by atoms with E-state index in [0.717, 1.165) is 25.7 Å². The van der Waals surface area contributed by atoms with Crippen LogP contribution in [0.4, 0.5) is 4.79 Å². The van der Waals surface area contributed by atoms with Crippen LogP contribution in [0.25, 0.3) is 0 Å². The number of sulfone groups is 1. The maximum Gasteiger partial charge on any atom is 0.315 e. The van der Waals surface area contributed by atoms with Gasteiger partial charge in [0.1, 0.15) is 12.1 Å². The molecular formula is C37H59N5O7S. The van der Waals surface area contributed by atoms with Crippen molar-refractivity contribution in [2.45, 2.75) is 148 Å². The molecule has 0 aromatic heterocycles. The second-order valence-electron chi connectivity index (χ2n) is 18.0.